The van der Waals surface area contributed by atoms with E-state index >= 15 is 0 Å². The lowest BCUT2D eigenvalue weighted by Crippen LogP contribution is -2.33. The average Bonchev–Trinajstić information content (AvgIpc) is 2.81. The van der Waals surface area contributed by atoms with Crippen molar-refractivity contribution in [1.82, 2.24) is 14.9 Å². The maximum atomic E-state index is 12.6. The van der Waals surface area contributed by atoms with E-state index in [1.165, 1.54) is 0 Å². The van der Waals surface area contributed by atoms with Crippen molar-refractivity contribution in [3.05, 3.63) is 58.6 Å². The van der Waals surface area contributed by atoms with Gasteiger partial charge < -0.3 is 4.90 Å². The van der Waals surface area contributed by atoms with Crippen LogP contribution in [0.4, 0.5) is 0 Å². The molecule has 1 aromatic heterocycles. The van der Waals surface area contributed by atoms with Crippen molar-refractivity contribution >= 4 is 29.3 Å². The second-order valence-electron chi connectivity index (χ2n) is 5.50. The first-order valence-electron chi connectivity index (χ1n) is 7.59. The molecule has 0 spiro atoms. The number of halogens is 1. The minimum Gasteiger partial charge on any atom is -0.336 e. The highest BCUT2D eigenvalue weighted by Gasteiger charge is 2.24. The van der Waals surface area contributed by atoms with Crippen LogP contribution in [-0.2, 0) is 0 Å². The molecule has 2 heterocycles. The number of hydrogen-bond donors (Lipinski definition) is 0. The van der Waals surface area contributed by atoms with Crippen molar-refractivity contribution in [1.29, 1.82) is 0 Å². The number of carbonyl (C=O) groups excluding carboxylic acids is 1. The first kappa shape index (κ1) is 16.3. The van der Waals surface area contributed by atoms with Gasteiger partial charge in [0, 0.05) is 35.3 Å². The van der Waals surface area contributed by atoms with Gasteiger partial charge in [-0.3, -0.25) is 9.78 Å². The quantitative estimate of drug-likeness (QED) is 0.829. The van der Waals surface area contributed by atoms with Gasteiger partial charge in [-0.1, -0.05) is 29.8 Å². The Morgan fingerprint density at radius 3 is 2.83 bits per heavy atom. The molecule has 3 rings (SSSR count). The molecule has 1 aromatic carbocycles. The summed E-state index contributed by atoms with van der Waals surface area (Å²) in [5, 5.41) is 1.12. The second kappa shape index (κ2) is 7.32. The Kier molecular flexibility index (Phi) is 5.18. The molecule has 0 radical (unpaired) electrons. The molecular weight excluding hydrogens is 330 g/mol. The molecular formula is C17H18ClN3OS. The Morgan fingerprint density at radius 1 is 1.26 bits per heavy atom. The Morgan fingerprint density at radius 2 is 2.09 bits per heavy atom. The normalized spacial score (nSPS) is 18.5. The van der Waals surface area contributed by atoms with Gasteiger partial charge in [-0.05, 0) is 25.0 Å². The first-order valence-corrected chi connectivity index (χ1v) is 9.02. The summed E-state index contributed by atoms with van der Waals surface area (Å²) in [6, 6.07) is 7.95. The van der Waals surface area contributed by atoms with Crippen LogP contribution in [0.25, 0.3) is 0 Å². The average molecular weight is 348 g/mol. The van der Waals surface area contributed by atoms with Gasteiger partial charge in [0.15, 0.2) is 0 Å². The summed E-state index contributed by atoms with van der Waals surface area (Å²) in [5.41, 5.74) is 2.38. The highest BCUT2D eigenvalue weighted by atomic mass is 35.5. The maximum Gasteiger partial charge on any atom is 0.274 e. The van der Waals surface area contributed by atoms with E-state index in [2.05, 4.69) is 16.0 Å². The SMILES string of the molecule is Cc1cnc(C(=O)N2CCS[C@H](c3ccccc3Cl)CC2)cn1. The van der Waals surface area contributed by atoms with Crippen LogP contribution in [-0.4, -0.2) is 39.6 Å². The van der Waals surface area contributed by atoms with E-state index in [0.29, 0.717) is 17.5 Å². The number of thioether (sulfide) groups is 1. The predicted octanol–water partition coefficient (Wildman–Crippen LogP) is 3.76. The van der Waals surface area contributed by atoms with Crippen molar-refractivity contribution in [3.63, 3.8) is 0 Å². The minimum absolute atomic E-state index is 0.0436. The van der Waals surface area contributed by atoms with Crippen molar-refractivity contribution in [2.45, 2.75) is 18.6 Å². The summed E-state index contributed by atoms with van der Waals surface area (Å²) < 4.78 is 0. The van der Waals surface area contributed by atoms with Gasteiger partial charge in [0.25, 0.3) is 5.91 Å². The summed E-state index contributed by atoms with van der Waals surface area (Å²) in [5.74, 6) is 0.846. The fraction of sp³-hybridized carbons (Fsp3) is 0.353. The van der Waals surface area contributed by atoms with Gasteiger partial charge in [0.05, 0.1) is 11.9 Å². The van der Waals surface area contributed by atoms with E-state index < -0.39 is 0 Å². The number of amides is 1. The number of carbonyl (C=O) groups is 1. The molecule has 6 heteroatoms. The summed E-state index contributed by atoms with van der Waals surface area (Å²) in [4.78, 5) is 22.8. The lowest BCUT2D eigenvalue weighted by Gasteiger charge is -2.20. The van der Waals surface area contributed by atoms with Crippen LogP contribution in [0.3, 0.4) is 0 Å². The topological polar surface area (TPSA) is 46.1 Å². The zero-order valence-corrected chi connectivity index (χ0v) is 14.5. The van der Waals surface area contributed by atoms with Crippen LogP contribution in [0.2, 0.25) is 5.02 Å². The minimum atomic E-state index is -0.0436. The Balaban J connectivity index is 1.70. The van der Waals surface area contributed by atoms with Crippen LogP contribution in [0.1, 0.15) is 33.4 Å². The highest BCUT2D eigenvalue weighted by Crippen LogP contribution is 2.37. The molecule has 120 valence electrons. The summed E-state index contributed by atoms with van der Waals surface area (Å²) >= 11 is 8.16. The molecule has 2 aromatic rings. The van der Waals surface area contributed by atoms with Gasteiger partial charge in [0.1, 0.15) is 5.69 Å². The molecule has 1 aliphatic heterocycles. The number of nitrogens with zero attached hydrogens (tertiary/aromatic N) is 3. The zero-order chi connectivity index (χ0) is 16.2. The van der Waals surface area contributed by atoms with Crippen molar-refractivity contribution in [3.8, 4) is 0 Å². The number of hydrogen-bond acceptors (Lipinski definition) is 4. The maximum absolute atomic E-state index is 12.6. The molecule has 0 saturated carbocycles. The third-order valence-electron chi connectivity index (χ3n) is 3.88. The van der Waals surface area contributed by atoms with Crippen LogP contribution in [0, 0.1) is 6.92 Å². The first-order chi connectivity index (χ1) is 11.1. The van der Waals surface area contributed by atoms with Gasteiger partial charge >= 0.3 is 0 Å². The van der Waals surface area contributed by atoms with E-state index in [0.717, 1.165) is 35.0 Å². The third kappa shape index (κ3) is 3.85. The van der Waals surface area contributed by atoms with Gasteiger partial charge in [-0.2, -0.15) is 11.8 Å². The highest BCUT2D eigenvalue weighted by molar-refractivity contribution is 7.99. The van der Waals surface area contributed by atoms with E-state index in [-0.39, 0.29) is 5.91 Å². The van der Waals surface area contributed by atoms with E-state index in [9.17, 15) is 4.79 Å². The van der Waals surface area contributed by atoms with E-state index in [1.54, 1.807) is 12.4 Å². The van der Waals surface area contributed by atoms with Crippen LogP contribution < -0.4 is 0 Å². The van der Waals surface area contributed by atoms with Crippen LogP contribution >= 0.6 is 23.4 Å². The van der Waals surface area contributed by atoms with Gasteiger partial charge in [0.2, 0.25) is 0 Å². The molecule has 1 atom stereocenters. The third-order valence-corrected chi connectivity index (χ3v) is 5.54. The van der Waals surface area contributed by atoms with E-state index in [4.69, 9.17) is 11.6 Å². The van der Waals surface area contributed by atoms with Crippen molar-refractivity contribution < 1.29 is 4.79 Å². The number of rotatable bonds is 2. The Labute approximate surface area is 145 Å². The number of benzene rings is 1. The summed E-state index contributed by atoms with van der Waals surface area (Å²) in [6.45, 7) is 3.29. The number of aromatic nitrogens is 2. The second-order valence-corrected chi connectivity index (χ2v) is 7.22. The zero-order valence-electron chi connectivity index (χ0n) is 12.9. The Bertz CT molecular complexity index is 692. The molecule has 1 saturated heterocycles. The fourth-order valence-corrected chi connectivity index (χ4v) is 4.22. The molecule has 4 nitrogen and oxygen atoms in total. The molecule has 1 amide bonds. The molecule has 23 heavy (non-hydrogen) atoms. The fourth-order valence-electron chi connectivity index (χ4n) is 2.62. The molecule has 0 bridgehead atoms. The predicted molar refractivity (Wildman–Crippen MR) is 93.9 cm³/mol. The molecule has 0 aliphatic carbocycles. The molecule has 1 aliphatic rings. The molecule has 0 unspecified atom stereocenters. The standard InChI is InChI=1S/C17H18ClN3OS/c1-12-10-20-15(11-19-12)17(22)21-7-6-16(23-9-8-21)13-4-2-3-5-14(13)18/h2-5,10-11,16H,6-9H2,1H3/t16-/m0/s1. The van der Waals surface area contributed by atoms with Crippen molar-refractivity contribution in [2.24, 2.45) is 0 Å². The monoisotopic (exact) mass is 347 g/mol. The number of aryl methyl sites for hydroxylation is 1. The summed E-state index contributed by atoms with van der Waals surface area (Å²) in [7, 11) is 0. The summed E-state index contributed by atoms with van der Waals surface area (Å²) in [6.07, 6.45) is 4.08. The van der Waals surface area contributed by atoms with Crippen molar-refractivity contribution in [2.75, 3.05) is 18.8 Å². The molecule has 1 fully saturated rings. The van der Waals surface area contributed by atoms with Crippen LogP contribution in [0.15, 0.2) is 36.7 Å². The van der Waals surface area contributed by atoms with Gasteiger partial charge in [-0.25, -0.2) is 4.98 Å². The van der Waals surface area contributed by atoms with Crippen LogP contribution in [0.5, 0.6) is 0 Å². The molecule has 0 N–H and O–H groups in total. The smallest absolute Gasteiger partial charge is 0.274 e. The largest absolute Gasteiger partial charge is 0.336 e. The van der Waals surface area contributed by atoms with Gasteiger partial charge in [-0.15, -0.1) is 0 Å². The van der Waals surface area contributed by atoms with E-state index in [1.807, 2.05) is 41.8 Å². The lowest BCUT2D eigenvalue weighted by atomic mass is 10.1. The lowest BCUT2D eigenvalue weighted by molar-refractivity contribution is 0.0760. The Hall–Kier alpha value is -1.59.